The van der Waals surface area contributed by atoms with Crippen LogP contribution in [0.2, 0.25) is 0 Å². The zero-order valence-corrected chi connectivity index (χ0v) is 10.3. The normalized spacial score (nSPS) is 17.5. The zero-order chi connectivity index (χ0) is 11.8. The summed E-state index contributed by atoms with van der Waals surface area (Å²) < 4.78 is 25.9. The fraction of sp³-hybridized carbons (Fsp3) is 0.333. The number of sulfonamides is 1. The maximum Gasteiger partial charge on any atom is 0.243 e. The van der Waals surface area contributed by atoms with Gasteiger partial charge in [-0.25, -0.2) is 8.42 Å². The Morgan fingerprint density at radius 3 is 2.25 bits per heavy atom. The average molecular weight is 237 g/mol. The largest absolute Gasteiger partial charge is 0.243 e. The van der Waals surface area contributed by atoms with Crippen LogP contribution >= 0.6 is 0 Å². The Hall–Kier alpha value is -1.13. The lowest BCUT2D eigenvalue weighted by Crippen LogP contribution is -2.28. The van der Waals surface area contributed by atoms with Crippen molar-refractivity contribution in [2.75, 3.05) is 13.1 Å². The summed E-state index contributed by atoms with van der Waals surface area (Å²) in [6, 6.07) is 6.98. The Morgan fingerprint density at radius 2 is 1.75 bits per heavy atom. The molecule has 0 aromatic heterocycles. The number of nitrogens with zero attached hydrogens (tertiary/aromatic N) is 1. The van der Waals surface area contributed by atoms with Crippen molar-refractivity contribution in [1.29, 1.82) is 0 Å². The van der Waals surface area contributed by atoms with E-state index < -0.39 is 10.0 Å². The topological polar surface area (TPSA) is 37.4 Å². The molecule has 0 N–H and O–H groups in total. The van der Waals surface area contributed by atoms with Crippen LogP contribution in [0.25, 0.3) is 0 Å². The fourth-order valence-electron chi connectivity index (χ4n) is 1.71. The van der Waals surface area contributed by atoms with Crippen LogP contribution in [0, 0.1) is 6.92 Å². The molecule has 0 saturated carbocycles. The van der Waals surface area contributed by atoms with Crippen LogP contribution in [0.1, 0.15) is 12.5 Å². The molecule has 0 amide bonds. The first-order valence-electron chi connectivity index (χ1n) is 5.22. The predicted molar refractivity (Wildman–Crippen MR) is 63.7 cm³/mol. The van der Waals surface area contributed by atoms with E-state index in [2.05, 4.69) is 0 Å². The highest BCUT2D eigenvalue weighted by Crippen LogP contribution is 2.20. The molecule has 86 valence electrons. The van der Waals surface area contributed by atoms with Gasteiger partial charge in [-0.3, -0.25) is 0 Å². The van der Waals surface area contributed by atoms with Gasteiger partial charge in [0.1, 0.15) is 0 Å². The van der Waals surface area contributed by atoms with E-state index in [0.717, 1.165) is 11.1 Å². The molecule has 1 aliphatic heterocycles. The van der Waals surface area contributed by atoms with Gasteiger partial charge < -0.3 is 0 Å². The molecule has 1 aromatic rings. The molecule has 0 radical (unpaired) electrons. The van der Waals surface area contributed by atoms with Crippen LogP contribution < -0.4 is 0 Å². The van der Waals surface area contributed by atoms with Crippen LogP contribution in [0.4, 0.5) is 0 Å². The van der Waals surface area contributed by atoms with Crippen molar-refractivity contribution in [3.05, 3.63) is 41.5 Å². The Morgan fingerprint density at radius 1 is 1.12 bits per heavy atom. The molecule has 0 unspecified atom stereocenters. The second-order valence-electron chi connectivity index (χ2n) is 4.16. The molecular weight excluding hydrogens is 222 g/mol. The third kappa shape index (κ3) is 2.03. The molecule has 1 aliphatic rings. The summed E-state index contributed by atoms with van der Waals surface area (Å²) in [6.45, 7) is 4.89. The van der Waals surface area contributed by atoms with E-state index in [9.17, 15) is 8.42 Å². The van der Waals surface area contributed by atoms with E-state index in [1.165, 1.54) is 4.31 Å². The number of hydrogen-bond acceptors (Lipinski definition) is 2. The lowest BCUT2D eigenvalue weighted by atomic mass is 10.2. The number of rotatable bonds is 2. The number of hydrogen-bond donors (Lipinski definition) is 0. The maximum absolute atomic E-state index is 12.2. The van der Waals surface area contributed by atoms with Crippen molar-refractivity contribution in [2.24, 2.45) is 0 Å². The van der Waals surface area contributed by atoms with Gasteiger partial charge in [-0.05, 0) is 26.0 Å². The molecule has 4 heteroatoms. The molecular formula is C12H15NO2S. The van der Waals surface area contributed by atoms with Crippen molar-refractivity contribution in [1.82, 2.24) is 4.31 Å². The average Bonchev–Trinajstić information content (AvgIpc) is 2.66. The molecule has 0 bridgehead atoms. The van der Waals surface area contributed by atoms with Crippen LogP contribution in [0.15, 0.2) is 40.8 Å². The van der Waals surface area contributed by atoms with E-state index in [-0.39, 0.29) is 0 Å². The van der Waals surface area contributed by atoms with Gasteiger partial charge in [0.2, 0.25) is 10.0 Å². The second-order valence-corrected chi connectivity index (χ2v) is 6.10. The molecule has 0 spiro atoms. The zero-order valence-electron chi connectivity index (χ0n) is 9.47. The van der Waals surface area contributed by atoms with E-state index >= 15 is 0 Å². The highest BCUT2D eigenvalue weighted by molar-refractivity contribution is 7.89. The third-order valence-corrected chi connectivity index (χ3v) is 4.55. The van der Waals surface area contributed by atoms with Crippen LogP contribution in [-0.4, -0.2) is 25.8 Å². The lowest BCUT2D eigenvalue weighted by Gasteiger charge is -2.16. The quantitative estimate of drug-likeness (QED) is 0.737. The van der Waals surface area contributed by atoms with Crippen molar-refractivity contribution in [3.63, 3.8) is 0 Å². The van der Waals surface area contributed by atoms with Crippen LogP contribution in [0.5, 0.6) is 0 Å². The monoisotopic (exact) mass is 237 g/mol. The third-order valence-electron chi connectivity index (χ3n) is 2.73. The summed E-state index contributed by atoms with van der Waals surface area (Å²) in [5, 5.41) is 0. The molecule has 0 atom stereocenters. The molecule has 0 fully saturated rings. The summed E-state index contributed by atoms with van der Waals surface area (Å²) >= 11 is 0. The molecule has 1 heterocycles. The van der Waals surface area contributed by atoms with Gasteiger partial charge in [-0.2, -0.15) is 4.31 Å². The minimum Gasteiger partial charge on any atom is -0.207 e. The maximum atomic E-state index is 12.2. The molecule has 16 heavy (non-hydrogen) atoms. The molecule has 1 aromatic carbocycles. The molecule has 0 aliphatic carbocycles. The Balaban J connectivity index is 2.30. The summed E-state index contributed by atoms with van der Waals surface area (Å²) in [5.41, 5.74) is 2.17. The van der Waals surface area contributed by atoms with E-state index in [0.29, 0.717) is 18.0 Å². The van der Waals surface area contributed by atoms with E-state index in [1.54, 1.807) is 12.1 Å². The molecule has 0 saturated heterocycles. The van der Waals surface area contributed by atoms with Gasteiger partial charge in [-0.15, -0.1) is 0 Å². The first-order chi connectivity index (χ1) is 7.50. The van der Waals surface area contributed by atoms with Gasteiger partial charge in [0.25, 0.3) is 0 Å². The second kappa shape index (κ2) is 4.03. The lowest BCUT2D eigenvalue weighted by molar-refractivity contribution is 0.484. The van der Waals surface area contributed by atoms with Gasteiger partial charge in [0, 0.05) is 13.1 Å². The Bertz CT molecular complexity index is 514. The first-order valence-corrected chi connectivity index (χ1v) is 6.66. The fourth-order valence-corrected chi connectivity index (χ4v) is 3.13. The Labute approximate surface area is 96.4 Å². The van der Waals surface area contributed by atoms with E-state index in [1.807, 2.05) is 32.1 Å². The van der Waals surface area contributed by atoms with Gasteiger partial charge in [0.05, 0.1) is 4.90 Å². The van der Waals surface area contributed by atoms with Gasteiger partial charge >= 0.3 is 0 Å². The van der Waals surface area contributed by atoms with Crippen LogP contribution in [0.3, 0.4) is 0 Å². The smallest absolute Gasteiger partial charge is 0.207 e. The minimum absolute atomic E-state index is 0.376. The van der Waals surface area contributed by atoms with E-state index in [4.69, 9.17) is 0 Å². The van der Waals surface area contributed by atoms with Crippen molar-refractivity contribution in [2.45, 2.75) is 18.7 Å². The molecule has 2 rings (SSSR count). The van der Waals surface area contributed by atoms with Gasteiger partial charge in [0.15, 0.2) is 0 Å². The molecule has 3 nitrogen and oxygen atoms in total. The minimum atomic E-state index is -3.31. The SMILES string of the molecule is CC1=CCN(S(=O)(=O)c2ccc(C)cc2)C1. The highest BCUT2D eigenvalue weighted by atomic mass is 32.2. The summed E-state index contributed by atoms with van der Waals surface area (Å²) in [5.74, 6) is 0. The standard InChI is InChI=1S/C12H15NO2S/c1-10-3-5-12(6-4-10)16(14,15)13-8-7-11(2)9-13/h3-7H,8-9H2,1-2H3. The van der Waals surface area contributed by atoms with Crippen molar-refractivity contribution >= 4 is 10.0 Å². The predicted octanol–water partition coefficient (Wildman–Crippen LogP) is 1.95. The van der Waals surface area contributed by atoms with Crippen LogP contribution in [-0.2, 0) is 10.0 Å². The number of benzene rings is 1. The summed E-state index contributed by atoms with van der Waals surface area (Å²) in [6.07, 6.45) is 1.95. The van der Waals surface area contributed by atoms with Gasteiger partial charge in [-0.1, -0.05) is 29.3 Å². The first kappa shape index (κ1) is 11.4. The summed E-state index contributed by atoms with van der Waals surface area (Å²) in [7, 11) is -3.31. The highest BCUT2D eigenvalue weighted by Gasteiger charge is 2.26. The Kier molecular flexibility index (Phi) is 2.86. The number of aryl methyl sites for hydroxylation is 1. The van der Waals surface area contributed by atoms with Crippen molar-refractivity contribution < 1.29 is 8.42 Å². The summed E-state index contributed by atoms with van der Waals surface area (Å²) in [4.78, 5) is 0.376. The van der Waals surface area contributed by atoms with Crippen molar-refractivity contribution in [3.8, 4) is 0 Å².